The van der Waals surface area contributed by atoms with Crippen LogP contribution in [0, 0.1) is 0 Å². The molecule has 0 saturated heterocycles. The van der Waals surface area contributed by atoms with Crippen LogP contribution in [0.4, 0.5) is 0 Å². The van der Waals surface area contributed by atoms with E-state index in [1.165, 1.54) is 14.2 Å². The highest BCUT2D eigenvalue weighted by atomic mass is 16.5. The summed E-state index contributed by atoms with van der Waals surface area (Å²) < 4.78 is 16.0. The maximum absolute atomic E-state index is 12.6. The lowest BCUT2D eigenvalue weighted by Crippen LogP contribution is -2.12. The van der Waals surface area contributed by atoms with Crippen LogP contribution in [0.1, 0.15) is 10.4 Å². The van der Waals surface area contributed by atoms with Gasteiger partial charge >= 0.3 is 5.97 Å². The second-order valence-electron chi connectivity index (χ2n) is 4.76. The highest BCUT2D eigenvalue weighted by Gasteiger charge is 2.21. The molecule has 0 radical (unpaired) electrons. The Hall–Kier alpha value is -3.08. The van der Waals surface area contributed by atoms with Crippen LogP contribution in [0.3, 0.4) is 0 Å². The monoisotopic (exact) mass is 309 g/mol. The standard InChI is InChI=1S/C18H15NO4/c1-21-13-8-4-9-14(22-2)16(13)18(20)23-15-10-3-6-12-7-5-11-19-17(12)15/h3-11H,1-2H3. The Morgan fingerprint density at radius 3 is 2.17 bits per heavy atom. The zero-order valence-corrected chi connectivity index (χ0v) is 12.8. The van der Waals surface area contributed by atoms with Gasteiger partial charge in [0.2, 0.25) is 0 Å². The summed E-state index contributed by atoms with van der Waals surface area (Å²) in [6.45, 7) is 0. The number of nitrogens with zero attached hydrogens (tertiary/aromatic N) is 1. The molecule has 0 N–H and O–H groups in total. The number of hydrogen-bond donors (Lipinski definition) is 0. The van der Waals surface area contributed by atoms with Crippen molar-refractivity contribution in [3.63, 3.8) is 0 Å². The normalized spacial score (nSPS) is 10.3. The summed E-state index contributed by atoms with van der Waals surface area (Å²) in [5.41, 5.74) is 0.864. The Morgan fingerprint density at radius 1 is 0.870 bits per heavy atom. The average molecular weight is 309 g/mol. The number of pyridine rings is 1. The van der Waals surface area contributed by atoms with Gasteiger partial charge in [0.25, 0.3) is 0 Å². The van der Waals surface area contributed by atoms with Gasteiger partial charge in [-0.05, 0) is 24.3 Å². The van der Waals surface area contributed by atoms with E-state index in [2.05, 4.69) is 4.98 Å². The molecule has 23 heavy (non-hydrogen) atoms. The van der Waals surface area contributed by atoms with Crippen molar-refractivity contribution in [3.8, 4) is 17.2 Å². The lowest BCUT2D eigenvalue weighted by atomic mass is 10.1. The molecule has 3 aromatic rings. The van der Waals surface area contributed by atoms with Crippen molar-refractivity contribution in [2.45, 2.75) is 0 Å². The fourth-order valence-corrected chi connectivity index (χ4v) is 2.36. The van der Waals surface area contributed by atoms with Crippen molar-refractivity contribution >= 4 is 16.9 Å². The van der Waals surface area contributed by atoms with Crippen molar-refractivity contribution in [2.24, 2.45) is 0 Å². The summed E-state index contributed by atoms with van der Waals surface area (Å²) >= 11 is 0. The molecule has 1 heterocycles. The molecule has 116 valence electrons. The maximum Gasteiger partial charge on any atom is 0.351 e. The van der Waals surface area contributed by atoms with Crippen molar-refractivity contribution in [1.29, 1.82) is 0 Å². The lowest BCUT2D eigenvalue weighted by Gasteiger charge is -2.12. The summed E-state index contributed by atoms with van der Waals surface area (Å²) in [6, 6.07) is 14.3. The van der Waals surface area contributed by atoms with Crippen LogP contribution in [0.2, 0.25) is 0 Å². The third-order valence-corrected chi connectivity index (χ3v) is 3.43. The van der Waals surface area contributed by atoms with Crippen molar-refractivity contribution in [3.05, 3.63) is 60.3 Å². The number of hydrogen-bond acceptors (Lipinski definition) is 5. The summed E-state index contributed by atoms with van der Waals surface area (Å²) in [6.07, 6.45) is 1.66. The summed E-state index contributed by atoms with van der Waals surface area (Å²) in [4.78, 5) is 16.9. The molecule has 0 aliphatic heterocycles. The fraction of sp³-hybridized carbons (Fsp3) is 0.111. The molecule has 2 aromatic carbocycles. The smallest absolute Gasteiger partial charge is 0.351 e. The highest BCUT2D eigenvalue weighted by molar-refractivity contribution is 5.98. The van der Waals surface area contributed by atoms with E-state index < -0.39 is 5.97 Å². The average Bonchev–Trinajstić information content (AvgIpc) is 2.61. The number of rotatable bonds is 4. The number of carbonyl (C=O) groups is 1. The van der Waals surface area contributed by atoms with E-state index in [-0.39, 0.29) is 5.56 Å². The van der Waals surface area contributed by atoms with Crippen LogP contribution in [-0.4, -0.2) is 25.2 Å². The van der Waals surface area contributed by atoms with E-state index in [4.69, 9.17) is 14.2 Å². The lowest BCUT2D eigenvalue weighted by molar-refractivity contribution is 0.0729. The minimum atomic E-state index is -0.558. The largest absolute Gasteiger partial charge is 0.496 e. The summed E-state index contributed by atoms with van der Waals surface area (Å²) in [5.74, 6) is 0.614. The molecule has 0 bridgehead atoms. The van der Waals surface area contributed by atoms with Crippen molar-refractivity contribution in [1.82, 2.24) is 4.98 Å². The van der Waals surface area contributed by atoms with Crippen LogP contribution >= 0.6 is 0 Å². The molecular weight excluding hydrogens is 294 g/mol. The zero-order valence-electron chi connectivity index (χ0n) is 12.8. The van der Waals surface area contributed by atoms with Crippen LogP contribution in [0.25, 0.3) is 10.9 Å². The van der Waals surface area contributed by atoms with Gasteiger partial charge in [0, 0.05) is 11.6 Å². The molecule has 0 spiro atoms. The number of esters is 1. The van der Waals surface area contributed by atoms with Gasteiger partial charge in [0.05, 0.1) is 14.2 Å². The number of benzene rings is 2. The SMILES string of the molecule is COc1cccc(OC)c1C(=O)Oc1cccc2cccnc12. The van der Waals surface area contributed by atoms with Crippen molar-refractivity contribution < 1.29 is 19.0 Å². The Morgan fingerprint density at radius 2 is 1.48 bits per heavy atom. The van der Waals surface area contributed by atoms with Gasteiger partial charge in [-0.2, -0.15) is 0 Å². The molecule has 0 unspecified atom stereocenters. The van der Waals surface area contributed by atoms with Crippen LogP contribution < -0.4 is 14.2 Å². The van der Waals surface area contributed by atoms with Gasteiger partial charge in [-0.25, -0.2) is 4.79 Å². The molecule has 0 aliphatic rings. The number of fused-ring (bicyclic) bond motifs is 1. The molecule has 3 rings (SSSR count). The second kappa shape index (κ2) is 6.36. The van der Waals surface area contributed by atoms with Gasteiger partial charge in [-0.3, -0.25) is 4.98 Å². The first kappa shape index (κ1) is 14.8. The van der Waals surface area contributed by atoms with E-state index in [9.17, 15) is 4.79 Å². The first-order valence-corrected chi connectivity index (χ1v) is 7.01. The Labute approximate surface area is 133 Å². The second-order valence-corrected chi connectivity index (χ2v) is 4.76. The van der Waals surface area contributed by atoms with Gasteiger partial charge in [0.1, 0.15) is 22.6 Å². The first-order valence-electron chi connectivity index (χ1n) is 7.01. The molecule has 0 aliphatic carbocycles. The summed E-state index contributed by atoms with van der Waals surface area (Å²) in [7, 11) is 2.98. The summed E-state index contributed by atoms with van der Waals surface area (Å²) in [5, 5.41) is 0.893. The molecule has 5 heteroatoms. The van der Waals surface area contributed by atoms with E-state index in [0.717, 1.165) is 5.39 Å². The van der Waals surface area contributed by atoms with Gasteiger partial charge in [0.15, 0.2) is 5.75 Å². The predicted molar refractivity (Wildman–Crippen MR) is 86.2 cm³/mol. The Balaban J connectivity index is 2.02. The third-order valence-electron chi connectivity index (χ3n) is 3.43. The highest BCUT2D eigenvalue weighted by Crippen LogP contribution is 2.31. The fourth-order valence-electron chi connectivity index (χ4n) is 2.36. The molecular formula is C18H15NO4. The molecule has 5 nitrogen and oxygen atoms in total. The van der Waals surface area contributed by atoms with Gasteiger partial charge in [-0.1, -0.05) is 24.3 Å². The number of methoxy groups -OCH3 is 2. The quantitative estimate of drug-likeness (QED) is 0.545. The Bertz CT molecular complexity index is 833. The predicted octanol–water partition coefficient (Wildman–Crippen LogP) is 3.47. The zero-order chi connectivity index (χ0) is 16.2. The number of aromatic nitrogens is 1. The number of carbonyl (C=O) groups excluding carboxylic acids is 1. The van der Waals surface area contributed by atoms with Crippen LogP contribution in [-0.2, 0) is 0 Å². The van der Waals surface area contributed by atoms with Gasteiger partial charge < -0.3 is 14.2 Å². The topological polar surface area (TPSA) is 57.7 Å². The van der Waals surface area contributed by atoms with E-state index in [1.807, 2.05) is 24.3 Å². The van der Waals surface area contributed by atoms with Crippen molar-refractivity contribution in [2.75, 3.05) is 14.2 Å². The third kappa shape index (κ3) is 2.81. The Kier molecular flexibility index (Phi) is 4.10. The van der Waals surface area contributed by atoms with Gasteiger partial charge in [-0.15, -0.1) is 0 Å². The molecule has 1 aromatic heterocycles. The molecule has 0 saturated carbocycles. The van der Waals surface area contributed by atoms with E-state index in [1.54, 1.807) is 30.5 Å². The first-order chi connectivity index (χ1) is 11.2. The van der Waals surface area contributed by atoms with E-state index in [0.29, 0.717) is 22.8 Å². The molecule has 0 atom stereocenters. The number of para-hydroxylation sites is 1. The number of ether oxygens (including phenoxy) is 3. The minimum Gasteiger partial charge on any atom is -0.496 e. The minimum absolute atomic E-state index is 0.241. The van der Waals surface area contributed by atoms with Crippen LogP contribution in [0.15, 0.2) is 54.7 Å². The molecule has 0 amide bonds. The molecule has 0 fully saturated rings. The van der Waals surface area contributed by atoms with E-state index >= 15 is 0 Å². The van der Waals surface area contributed by atoms with Crippen LogP contribution in [0.5, 0.6) is 17.2 Å². The maximum atomic E-state index is 12.6.